The lowest BCUT2D eigenvalue weighted by Gasteiger charge is -2.39. The van der Waals surface area contributed by atoms with E-state index < -0.39 is 59.6 Å². The van der Waals surface area contributed by atoms with Crippen molar-refractivity contribution in [1.82, 2.24) is 15.1 Å². The third-order valence-electron chi connectivity index (χ3n) is 9.56. The van der Waals surface area contributed by atoms with Crippen molar-refractivity contribution >= 4 is 39.6 Å². The van der Waals surface area contributed by atoms with Gasteiger partial charge in [-0.15, -0.1) is 0 Å². The minimum Gasteiger partial charge on any atom is -0.455 e. The lowest BCUT2D eigenvalue weighted by molar-refractivity contribution is -0.162. The Labute approximate surface area is 279 Å². The van der Waals surface area contributed by atoms with Gasteiger partial charge in [-0.1, -0.05) is 85.6 Å². The summed E-state index contributed by atoms with van der Waals surface area (Å²) >= 11 is 3.60. The molecule has 4 aliphatic heterocycles. The number of aliphatic hydroxyl groups excluding tert-OH is 1. The molecule has 5 rings (SSSR count). The summed E-state index contributed by atoms with van der Waals surface area (Å²) in [5.41, 5.74) is -0.721. The van der Waals surface area contributed by atoms with E-state index >= 15 is 0 Å². The van der Waals surface area contributed by atoms with E-state index in [2.05, 4.69) is 21.2 Å². The molecule has 10 nitrogen and oxygen atoms in total. The Morgan fingerprint density at radius 3 is 2.50 bits per heavy atom. The quantitative estimate of drug-likeness (QED) is 0.310. The molecule has 5 bridgehead atoms. The number of amides is 3. The van der Waals surface area contributed by atoms with Gasteiger partial charge in [0.15, 0.2) is 0 Å². The molecule has 4 heterocycles. The number of ether oxygens (including phenoxy) is 2. The molecule has 0 saturated carbocycles. The van der Waals surface area contributed by atoms with Gasteiger partial charge in [0.05, 0.1) is 24.6 Å². The summed E-state index contributed by atoms with van der Waals surface area (Å²) in [6.45, 7) is 8.27. The molecule has 4 aliphatic rings. The molecular formula is C35H46BrN3O7. The molecule has 1 spiro atoms. The smallest absolute Gasteiger partial charge is 0.313 e. The minimum atomic E-state index is -1.42. The highest BCUT2D eigenvalue weighted by atomic mass is 79.9. The highest BCUT2D eigenvalue weighted by Gasteiger charge is 2.75. The lowest BCUT2D eigenvalue weighted by Crippen LogP contribution is -2.58. The largest absolute Gasteiger partial charge is 0.455 e. The van der Waals surface area contributed by atoms with Crippen molar-refractivity contribution in [3.05, 3.63) is 58.6 Å². The monoisotopic (exact) mass is 699 g/mol. The normalized spacial score (nSPS) is 33.2. The molecule has 2 fully saturated rings. The predicted molar refractivity (Wildman–Crippen MR) is 175 cm³/mol. The molecule has 1 aromatic carbocycles. The average Bonchev–Trinajstić information content (AvgIpc) is 3.62. The molecule has 11 heteroatoms. The van der Waals surface area contributed by atoms with E-state index in [0.29, 0.717) is 36.0 Å². The van der Waals surface area contributed by atoms with Crippen molar-refractivity contribution in [2.24, 2.45) is 17.8 Å². The number of halogens is 1. The fourth-order valence-corrected chi connectivity index (χ4v) is 8.21. The third kappa shape index (κ3) is 6.42. The van der Waals surface area contributed by atoms with Gasteiger partial charge in [-0.2, -0.15) is 0 Å². The number of carbonyl (C=O) groups is 4. The molecule has 250 valence electrons. The summed E-state index contributed by atoms with van der Waals surface area (Å²) in [7, 11) is 0. The van der Waals surface area contributed by atoms with Crippen LogP contribution in [0.25, 0.3) is 0 Å². The van der Waals surface area contributed by atoms with Crippen molar-refractivity contribution in [3.63, 3.8) is 0 Å². The second-order valence-electron chi connectivity index (χ2n) is 13.3. The molecule has 0 radical (unpaired) electrons. The molecular weight excluding hydrogens is 654 g/mol. The van der Waals surface area contributed by atoms with Gasteiger partial charge in [0.25, 0.3) is 0 Å². The van der Waals surface area contributed by atoms with Gasteiger partial charge < -0.3 is 29.7 Å². The summed E-state index contributed by atoms with van der Waals surface area (Å²) < 4.78 is 13.4. The molecule has 0 aromatic heterocycles. The number of unbranched alkanes of at least 4 members (excludes halogenated alkanes) is 1. The summed E-state index contributed by atoms with van der Waals surface area (Å²) in [5, 5.41) is 13.6. The van der Waals surface area contributed by atoms with E-state index in [4.69, 9.17) is 9.47 Å². The number of carbonyl (C=O) groups excluding carboxylic acids is 4. The number of nitrogens with zero attached hydrogens (tertiary/aromatic N) is 2. The number of nitrogens with one attached hydrogen (secondary N) is 1. The first kappa shape index (κ1) is 34.3. The molecule has 1 aromatic rings. The number of benzene rings is 1. The van der Waals surface area contributed by atoms with E-state index in [9.17, 15) is 24.3 Å². The van der Waals surface area contributed by atoms with Crippen LogP contribution in [0.2, 0.25) is 0 Å². The Kier molecular flexibility index (Phi) is 10.7. The van der Waals surface area contributed by atoms with Crippen molar-refractivity contribution in [2.45, 2.75) is 95.7 Å². The number of cyclic esters (lactones) is 1. The van der Waals surface area contributed by atoms with Gasteiger partial charge in [-0.25, -0.2) is 0 Å². The summed E-state index contributed by atoms with van der Waals surface area (Å²) in [5.74, 6) is -3.45. The fraction of sp³-hybridized carbons (Fsp3) is 0.600. The third-order valence-corrected chi connectivity index (χ3v) is 10.2. The van der Waals surface area contributed by atoms with Crippen molar-refractivity contribution < 1.29 is 33.8 Å². The van der Waals surface area contributed by atoms with Gasteiger partial charge in [0.1, 0.15) is 29.8 Å². The summed E-state index contributed by atoms with van der Waals surface area (Å²) in [6.07, 6.45) is 6.70. The Morgan fingerprint density at radius 1 is 1.09 bits per heavy atom. The lowest BCUT2D eigenvalue weighted by atomic mass is 9.74. The zero-order chi connectivity index (χ0) is 33.2. The molecule has 8 atom stereocenters. The molecule has 2 N–H and O–H groups in total. The number of rotatable bonds is 8. The maximum atomic E-state index is 14.7. The van der Waals surface area contributed by atoms with Crippen LogP contribution in [0.5, 0.6) is 0 Å². The van der Waals surface area contributed by atoms with Crippen LogP contribution in [-0.2, 0) is 28.7 Å². The first-order chi connectivity index (χ1) is 22.0. The summed E-state index contributed by atoms with van der Waals surface area (Å²) in [6, 6.07) is 6.91. The maximum Gasteiger partial charge on any atom is 0.313 e. The van der Waals surface area contributed by atoms with Gasteiger partial charge in [0.2, 0.25) is 17.7 Å². The zero-order valence-electron chi connectivity index (χ0n) is 27.1. The number of likely N-dealkylation sites (tertiary alicyclic amines) is 1. The second kappa shape index (κ2) is 14.4. The number of hydrogen-bond donors (Lipinski definition) is 2. The molecule has 3 amide bonds. The SMILES string of the molecule is CCCCN1C/C=C\CCC(=O)N[C@@H](C)[C@H](c2ccccc2)OC(=O)[C@H]2[C@@H]3O[C@@]4(C=C3Br)[C@@H]2C(=O)N([C@@H](CO)CC(C)C)[C@@H]4C1=O. The van der Waals surface area contributed by atoms with Crippen LogP contribution in [-0.4, -0.2) is 88.1 Å². The predicted octanol–water partition coefficient (Wildman–Crippen LogP) is 4.03. The number of fused-ring (bicyclic) bond motifs is 2. The van der Waals surface area contributed by atoms with Crippen LogP contribution in [0.1, 0.15) is 71.5 Å². The summed E-state index contributed by atoms with van der Waals surface area (Å²) in [4.78, 5) is 59.8. The number of allylic oxidation sites excluding steroid dienone is 1. The first-order valence-electron chi connectivity index (χ1n) is 16.5. The van der Waals surface area contributed by atoms with Crippen LogP contribution in [0.15, 0.2) is 53.0 Å². The first-order valence-corrected chi connectivity index (χ1v) is 17.3. The van der Waals surface area contributed by atoms with Crippen LogP contribution >= 0.6 is 15.9 Å². The highest BCUT2D eigenvalue weighted by Crippen LogP contribution is 2.59. The average molecular weight is 701 g/mol. The molecule has 0 aliphatic carbocycles. The topological polar surface area (TPSA) is 125 Å². The standard InChI is InChI=1S/C35H46BrN3O7/c1-5-6-16-38-17-12-8-11-15-26(41)37-22(4)29(23-13-9-7-10-14-23)45-34(44)27-28-32(42)39(24(20-40)18-21(2)3)31(33(38)43)35(28)19-25(36)30(27)46-35/h7-10,12-14,19,21-22,24,27-31,40H,5-6,11,15-18,20H2,1-4H3,(H,37,41)/b12-8-/t22-,24+,27+,28-,29+,30+,31+,35-/m0/s1. The van der Waals surface area contributed by atoms with Gasteiger partial charge in [-0.05, 0) is 43.7 Å². The van der Waals surface area contributed by atoms with Gasteiger partial charge in [-0.3, -0.25) is 19.2 Å². The maximum absolute atomic E-state index is 14.7. The van der Waals surface area contributed by atoms with Crippen LogP contribution in [0, 0.1) is 17.8 Å². The highest BCUT2D eigenvalue weighted by molar-refractivity contribution is 9.11. The number of aliphatic hydroxyl groups is 1. The molecule has 46 heavy (non-hydrogen) atoms. The Bertz CT molecular complexity index is 1370. The van der Waals surface area contributed by atoms with Gasteiger partial charge in [0, 0.05) is 24.0 Å². The van der Waals surface area contributed by atoms with E-state index in [-0.39, 0.29) is 30.8 Å². The Morgan fingerprint density at radius 2 is 1.83 bits per heavy atom. The van der Waals surface area contributed by atoms with Crippen LogP contribution in [0.3, 0.4) is 0 Å². The van der Waals surface area contributed by atoms with Gasteiger partial charge >= 0.3 is 5.97 Å². The van der Waals surface area contributed by atoms with E-state index in [1.165, 1.54) is 4.90 Å². The Balaban J connectivity index is 1.63. The van der Waals surface area contributed by atoms with E-state index in [1.807, 2.05) is 63.3 Å². The Hall–Kier alpha value is -3.02. The number of esters is 1. The minimum absolute atomic E-state index is 0.131. The van der Waals surface area contributed by atoms with Crippen LogP contribution < -0.4 is 5.32 Å². The van der Waals surface area contributed by atoms with Crippen molar-refractivity contribution in [3.8, 4) is 0 Å². The van der Waals surface area contributed by atoms with Crippen molar-refractivity contribution in [2.75, 3.05) is 19.7 Å². The molecule has 0 unspecified atom stereocenters. The molecule has 2 saturated heterocycles. The van der Waals surface area contributed by atoms with E-state index in [1.54, 1.807) is 17.9 Å². The second-order valence-corrected chi connectivity index (χ2v) is 14.2. The van der Waals surface area contributed by atoms with Crippen LogP contribution in [0.4, 0.5) is 0 Å². The number of hydrogen-bond acceptors (Lipinski definition) is 7. The van der Waals surface area contributed by atoms with Crippen molar-refractivity contribution in [1.29, 1.82) is 0 Å². The zero-order valence-corrected chi connectivity index (χ0v) is 28.6. The fourth-order valence-electron chi connectivity index (χ4n) is 7.47. The van der Waals surface area contributed by atoms with E-state index in [0.717, 1.165) is 12.8 Å².